The Hall–Kier alpha value is -2.19. The molecule has 0 rings (SSSR count). The Balaban J connectivity index is 0. The topological polar surface area (TPSA) is 166 Å². The second-order valence-electron chi connectivity index (χ2n) is 3.55. The highest BCUT2D eigenvalue weighted by Crippen LogP contribution is 1.97. The van der Waals surface area contributed by atoms with Gasteiger partial charge < -0.3 is 9.84 Å². The van der Waals surface area contributed by atoms with E-state index in [1.54, 1.807) is 27.7 Å². The van der Waals surface area contributed by atoms with Gasteiger partial charge in [0.15, 0.2) is 0 Å². The highest BCUT2D eigenvalue weighted by molar-refractivity contribution is 5.76. The maximum Gasteiger partial charge on any atom is 0.553 e. The molecule has 0 unspecified atom stereocenters. The quantitative estimate of drug-likeness (QED) is 0.314. The van der Waals surface area contributed by atoms with Crippen molar-refractivity contribution in [3.05, 3.63) is 0 Å². The van der Waals surface area contributed by atoms with Crippen LogP contribution in [0, 0.1) is 0 Å². The second-order valence-corrected chi connectivity index (χ2v) is 3.55. The first-order valence-electron chi connectivity index (χ1n) is 5.49. The lowest BCUT2D eigenvalue weighted by Gasteiger charge is -2.05. The summed E-state index contributed by atoms with van der Waals surface area (Å²) in [7, 11) is 0. The Kier molecular flexibility index (Phi) is 13.8. The summed E-state index contributed by atoms with van der Waals surface area (Å²) in [6.45, 7) is 6.50. The summed E-state index contributed by atoms with van der Waals surface area (Å²) in [6.07, 6.45) is -5.33. The first-order valence-corrected chi connectivity index (χ1v) is 5.49. The van der Waals surface area contributed by atoms with Crippen LogP contribution in [0.4, 0.5) is 14.4 Å². The lowest BCUT2D eigenvalue weighted by molar-refractivity contribution is -0.504. The van der Waals surface area contributed by atoms with Gasteiger partial charge >= 0.3 is 18.5 Å². The van der Waals surface area contributed by atoms with Gasteiger partial charge in [-0.15, -0.1) is 0 Å². The molecule has 13 heteroatoms. The Morgan fingerprint density at radius 3 is 1.36 bits per heavy atom. The number of carbonyl (C=O) groups is 3. The van der Waals surface area contributed by atoms with Crippen LogP contribution < -0.4 is 0 Å². The number of hydrogen-bond acceptors (Lipinski definition) is 12. The Labute approximate surface area is 123 Å². The van der Waals surface area contributed by atoms with Gasteiger partial charge in [-0.3, -0.25) is 4.89 Å². The molecule has 0 bridgehead atoms. The number of rotatable bonds is 6. The summed E-state index contributed by atoms with van der Waals surface area (Å²) >= 11 is 0. The molecule has 0 aromatic heterocycles. The Bertz CT molecular complexity index is 301. The van der Waals surface area contributed by atoms with Gasteiger partial charge in [-0.05, 0) is 37.8 Å². The number of carbonyl (C=O) groups excluding carboxylic acids is 2. The van der Waals surface area contributed by atoms with Crippen LogP contribution in [-0.2, 0) is 39.3 Å². The van der Waals surface area contributed by atoms with Gasteiger partial charge in [-0.25, -0.2) is 14.6 Å². The SMILES string of the molecule is CC(C)OOOC(=O)OC(=O)OOOC(C)C.O=C(O)OO. The molecule has 0 aromatic rings. The normalized spacial score (nSPS) is 9.59. The van der Waals surface area contributed by atoms with Gasteiger partial charge in [0.2, 0.25) is 0 Å². The van der Waals surface area contributed by atoms with Crippen LogP contribution in [0.1, 0.15) is 27.7 Å². The fourth-order valence-electron chi connectivity index (χ4n) is 0.354. The summed E-state index contributed by atoms with van der Waals surface area (Å²) in [4.78, 5) is 49.4. The largest absolute Gasteiger partial charge is 0.553 e. The molecule has 130 valence electrons. The maximum atomic E-state index is 10.7. The van der Waals surface area contributed by atoms with E-state index in [0.29, 0.717) is 0 Å². The lowest BCUT2D eigenvalue weighted by Crippen LogP contribution is -2.17. The number of carboxylic acid groups (broad SMARTS) is 1. The molecular formula is C9H16O13. The first kappa shape index (κ1) is 22.1. The monoisotopic (exact) mass is 332 g/mol. The lowest BCUT2D eigenvalue weighted by atomic mass is 10.5. The first-order chi connectivity index (χ1) is 10.2. The van der Waals surface area contributed by atoms with E-state index in [1.807, 2.05) is 0 Å². The summed E-state index contributed by atoms with van der Waals surface area (Å²) in [5, 5.41) is 22.2. The van der Waals surface area contributed by atoms with Gasteiger partial charge in [0.1, 0.15) is 0 Å². The number of hydrogen-bond donors (Lipinski definition) is 2. The van der Waals surface area contributed by atoms with Crippen LogP contribution in [0.5, 0.6) is 0 Å². The Morgan fingerprint density at radius 1 is 0.818 bits per heavy atom. The van der Waals surface area contributed by atoms with E-state index in [4.69, 9.17) is 15.2 Å². The third kappa shape index (κ3) is 20.1. The van der Waals surface area contributed by atoms with Crippen molar-refractivity contribution in [2.24, 2.45) is 0 Å². The van der Waals surface area contributed by atoms with Crippen molar-refractivity contribution < 1.29 is 64.0 Å². The van der Waals surface area contributed by atoms with Crippen molar-refractivity contribution >= 4 is 18.5 Å². The molecule has 0 heterocycles. The second kappa shape index (κ2) is 13.8. The van der Waals surface area contributed by atoms with Crippen LogP contribution in [0.3, 0.4) is 0 Å². The highest BCUT2D eigenvalue weighted by atomic mass is 17.5. The van der Waals surface area contributed by atoms with Gasteiger partial charge in [0.05, 0.1) is 12.2 Å². The zero-order valence-corrected chi connectivity index (χ0v) is 12.0. The van der Waals surface area contributed by atoms with Gasteiger partial charge in [0.25, 0.3) is 0 Å². The minimum atomic E-state index is -1.69. The van der Waals surface area contributed by atoms with Gasteiger partial charge in [-0.2, -0.15) is 24.6 Å². The van der Waals surface area contributed by atoms with Crippen molar-refractivity contribution in [2.75, 3.05) is 0 Å². The van der Waals surface area contributed by atoms with E-state index < -0.39 is 18.5 Å². The van der Waals surface area contributed by atoms with Crippen molar-refractivity contribution in [3.8, 4) is 0 Å². The summed E-state index contributed by atoms with van der Waals surface area (Å²) in [5.74, 6) is 0. The highest BCUT2D eigenvalue weighted by Gasteiger charge is 2.16. The molecule has 0 saturated heterocycles. The van der Waals surface area contributed by atoms with Gasteiger partial charge in [-0.1, -0.05) is 0 Å². The molecule has 0 atom stereocenters. The molecular weight excluding hydrogens is 316 g/mol. The van der Waals surface area contributed by atoms with E-state index in [9.17, 15) is 9.59 Å². The predicted molar refractivity (Wildman–Crippen MR) is 60.4 cm³/mol. The molecule has 0 radical (unpaired) electrons. The molecule has 0 saturated carbocycles. The fourth-order valence-corrected chi connectivity index (χ4v) is 0.354. The van der Waals surface area contributed by atoms with E-state index in [1.165, 1.54) is 0 Å². The minimum absolute atomic E-state index is 0.336. The smallest absolute Gasteiger partial charge is 0.448 e. The third-order valence-electron chi connectivity index (χ3n) is 0.912. The molecule has 0 aliphatic rings. The molecule has 0 spiro atoms. The van der Waals surface area contributed by atoms with Crippen LogP contribution in [0.25, 0.3) is 0 Å². The van der Waals surface area contributed by atoms with E-state index >= 15 is 0 Å². The van der Waals surface area contributed by atoms with Crippen molar-refractivity contribution in [1.29, 1.82) is 0 Å². The summed E-state index contributed by atoms with van der Waals surface area (Å²) < 4.78 is 3.88. The maximum absolute atomic E-state index is 10.7. The minimum Gasteiger partial charge on any atom is -0.448 e. The van der Waals surface area contributed by atoms with E-state index in [-0.39, 0.29) is 12.2 Å². The van der Waals surface area contributed by atoms with Crippen LogP contribution in [0.2, 0.25) is 0 Å². The third-order valence-corrected chi connectivity index (χ3v) is 0.912. The average Bonchev–Trinajstić information content (AvgIpc) is 2.38. The van der Waals surface area contributed by atoms with Crippen molar-refractivity contribution in [1.82, 2.24) is 0 Å². The molecule has 2 N–H and O–H groups in total. The molecule has 0 fully saturated rings. The number of ether oxygens (including phenoxy) is 1. The van der Waals surface area contributed by atoms with Gasteiger partial charge in [0, 0.05) is 0 Å². The zero-order valence-electron chi connectivity index (χ0n) is 12.0. The molecule has 13 nitrogen and oxygen atoms in total. The predicted octanol–water partition coefficient (Wildman–Crippen LogP) is 1.97. The standard InChI is InChI=1S/C8H14O9.CH2O4/c1-5(2)12-16-14-7(9)11-8(10)15-17-13-6(3)4;2-1(3)5-4/h5-6H,1-4H3;4H,(H,2,3). The van der Waals surface area contributed by atoms with Crippen LogP contribution in [0.15, 0.2) is 0 Å². The van der Waals surface area contributed by atoms with E-state index in [0.717, 1.165) is 0 Å². The molecule has 0 aliphatic carbocycles. The van der Waals surface area contributed by atoms with Crippen molar-refractivity contribution in [3.63, 3.8) is 0 Å². The van der Waals surface area contributed by atoms with Crippen LogP contribution in [-0.4, -0.2) is 41.0 Å². The fraction of sp³-hybridized carbons (Fsp3) is 0.667. The van der Waals surface area contributed by atoms with Crippen LogP contribution >= 0.6 is 0 Å². The summed E-state index contributed by atoms with van der Waals surface area (Å²) in [5.41, 5.74) is 0. The van der Waals surface area contributed by atoms with Crippen molar-refractivity contribution in [2.45, 2.75) is 39.9 Å². The van der Waals surface area contributed by atoms with E-state index in [2.05, 4.69) is 39.3 Å². The summed E-state index contributed by atoms with van der Waals surface area (Å²) in [6, 6.07) is 0. The molecule has 0 amide bonds. The average molecular weight is 332 g/mol. The Morgan fingerprint density at radius 2 is 1.14 bits per heavy atom. The molecule has 22 heavy (non-hydrogen) atoms. The molecule has 0 aromatic carbocycles. The zero-order chi connectivity index (χ0) is 17.5. The molecule has 0 aliphatic heterocycles.